The van der Waals surface area contributed by atoms with Crippen molar-refractivity contribution in [3.8, 4) is 11.5 Å². The first-order chi connectivity index (χ1) is 9.11. The Morgan fingerprint density at radius 1 is 0.700 bits per heavy atom. The lowest BCUT2D eigenvalue weighted by Crippen LogP contribution is -2.19. The standard InChI is InChI=1S/C18H30O2/c1-9-19-15-12-16(20-10-2)14(18(6,7)8)11-13(15)17(3,4)5/h11-12H,9-10H2,1-8H3. The van der Waals surface area contributed by atoms with Crippen LogP contribution in [0.5, 0.6) is 11.5 Å². The Balaban J connectivity index is 3.51. The molecule has 1 rings (SSSR count). The van der Waals surface area contributed by atoms with Crippen molar-refractivity contribution >= 4 is 0 Å². The lowest BCUT2D eigenvalue weighted by molar-refractivity contribution is 0.310. The van der Waals surface area contributed by atoms with E-state index in [4.69, 9.17) is 9.47 Å². The number of hydrogen-bond acceptors (Lipinski definition) is 2. The van der Waals surface area contributed by atoms with Crippen LogP contribution >= 0.6 is 0 Å². The fourth-order valence-corrected chi connectivity index (χ4v) is 2.28. The van der Waals surface area contributed by atoms with Gasteiger partial charge in [0.2, 0.25) is 0 Å². The van der Waals surface area contributed by atoms with E-state index in [1.165, 1.54) is 11.1 Å². The van der Waals surface area contributed by atoms with Gasteiger partial charge in [0.15, 0.2) is 0 Å². The molecule has 114 valence electrons. The van der Waals surface area contributed by atoms with E-state index >= 15 is 0 Å². The van der Waals surface area contributed by atoms with Gasteiger partial charge in [0.1, 0.15) is 11.5 Å². The first-order valence-corrected chi connectivity index (χ1v) is 7.55. The molecule has 0 saturated carbocycles. The van der Waals surface area contributed by atoms with Gasteiger partial charge in [-0.3, -0.25) is 0 Å². The Hall–Kier alpha value is -1.18. The van der Waals surface area contributed by atoms with Crippen LogP contribution in [0, 0.1) is 0 Å². The third kappa shape index (κ3) is 3.91. The van der Waals surface area contributed by atoms with E-state index in [0.29, 0.717) is 13.2 Å². The van der Waals surface area contributed by atoms with Crippen molar-refractivity contribution in [3.63, 3.8) is 0 Å². The topological polar surface area (TPSA) is 18.5 Å². The maximum absolute atomic E-state index is 5.84. The van der Waals surface area contributed by atoms with E-state index in [-0.39, 0.29) is 10.8 Å². The second-order valence-electron chi connectivity index (χ2n) is 7.21. The first kappa shape index (κ1) is 16.9. The Bertz CT molecular complexity index is 408. The summed E-state index contributed by atoms with van der Waals surface area (Å²) >= 11 is 0. The van der Waals surface area contributed by atoms with Crippen LogP contribution in [0.3, 0.4) is 0 Å². The average Bonchev–Trinajstić information content (AvgIpc) is 2.26. The zero-order chi connectivity index (χ0) is 15.6. The fourth-order valence-electron chi connectivity index (χ4n) is 2.28. The van der Waals surface area contributed by atoms with Crippen LogP contribution in [0.4, 0.5) is 0 Å². The predicted molar refractivity (Wildman–Crippen MR) is 86.2 cm³/mol. The minimum Gasteiger partial charge on any atom is -0.493 e. The van der Waals surface area contributed by atoms with Gasteiger partial charge in [-0.25, -0.2) is 0 Å². The van der Waals surface area contributed by atoms with Gasteiger partial charge in [-0.15, -0.1) is 0 Å². The number of ether oxygens (including phenoxy) is 2. The molecule has 0 fully saturated rings. The quantitative estimate of drug-likeness (QED) is 0.764. The maximum atomic E-state index is 5.84. The summed E-state index contributed by atoms with van der Waals surface area (Å²) in [5, 5.41) is 0. The molecule has 0 atom stereocenters. The SMILES string of the molecule is CCOc1cc(OCC)c(C(C)(C)C)cc1C(C)(C)C. The van der Waals surface area contributed by atoms with Crippen molar-refractivity contribution in [2.75, 3.05) is 13.2 Å². The Kier molecular flexibility index (Phi) is 5.12. The van der Waals surface area contributed by atoms with Crippen LogP contribution in [-0.2, 0) is 10.8 Å². The van der Waals surface area contributed by atoms with E-state index in [9.17, 15) is 0 Å². The molecule has 0 radical (unpaired) electrons. The minimum atomic E-state index is 0.0508. The van der Waals surface area contributed by atoms with Crippen molar-refractivity contribution in [2.24, 2.45) is 0 Å². The third-order valence-corrected chi connectivity index (χ3v) is 3.30. The molecule has 0 unspecified atom stereocenters. The van der Waals surface area contributed by atoms with Crippen molar-refractivity contribution in [2.45, 2.75) is 66.2 Å². The van der Waals surface area contributed by atoms with Crippen LogP contribution in [0.1, 0.15) is 66.5 Å². The Morgan fingerprint density at radius 3 is 1.30 bits per heavy atom. The maximum Gasteiger partial charge on any atom is 0.126 e. The summed E-state index contributed by atoms with van der Waals surface area (Å²) in [7, 11) is 0. The van der Waals surface area contributed by atoms with Gasteiger partial charge in [-0.2, -0.15) is 0 Å². The van der Waals surface area contributed by atoms with E-state index < -0.39 is 0 Å². The molecule has 0 bridgehead atoms. The van der Waals surface area contributed by atoms with Gasteiger partial charge in [0.25, 0.3) is 0 Å². The summed E-state index contributed by atoms with van der Waals surface area (Å²) in [6.45, 7) is 18.7. The van der Waals surface area contributed by atoms with E-state index in [1.54, 1.807) is 0 Å². The van der Waals surface area contributed by atoms with Crippen molar-refractivity contribution < 1.29 is 9.47 Å². The van der Waals surface area contributed by atoms with Crippen LogP contribution in [-0.4, -0.2) is 13.2 Å². The highest BCUT2D eigenvalue weighted by atomic mass is 16.5. The molecule has 0 N–H and O–H groups in total. The van der Waals surface area contributed by atoms with E-state index in [1.807, 2.05) is 13.8 Å². The van der Waals surface area contributed by atoms with Gasteiger partial charge in [0, 0.05) is 17.2 Å². The van der Waals surface area contributed by atoms with E-state index in [2.05, 4.69) is 53.7 Å². The van der Waals surface area contributed by atoms with Gasteiger partial charge in [-0.1, -0.05) is 41.5 Å². The number of hydrogen-bond donors (Lipinski definition) is 0. The Morgan fingerprint density at radius 2 is 1.05 bits per heavy atom. The average molecular weight is 278 g/mol. The minimum absolute atomic E-state index is 0.0508. The number of rotatable bonds is 4. The first-order valence-electron chi connectivity index (χ1n) is 7.55. The second kappa shape index (κ2) is 6.07. The molecule has 2 nitrogen and oxygen atoms in total. The molecule has 0 aliphatic rings. The van der Waals surface area contributed by atoms with E-state index in [0.717, 1.165) is 11.5 Å². The smallest absolute Gasteiger partial charge is 0.126 e. The summed E-state index contributed by atoms with van der Waals surface area (Å²) in [6.07, 6.45) is 0. The molecule has 20 heavy (non-hydrogen) atoms. The zero-order valence-electron chi connectivity index (χ0n) is 14.4. The summed E-state index contributed by atoms with van der Waals surface area (Å²) in [4.78, 5) is 0. The predicted octanol–water partition coefficient (Wildman–Crippen LogP) is 5.08. The molecule has 2 heteroatoms. The molecule has 0 saturated heterocycles. The van der Waals surface area contributed by atoms with Gasteiger partial charge >= 0.3 is 0 Å². The van der Waals surface area contributed by atoms with Crippen molar-refractivity contribution in [1.29, 1.82) is 0 Å². The molecular formula is C18H30O2. The lowest BCUT2D eigenvalue weighted by Gasteiger charge is -2.29. The highest BCUT2D eigenvalue weighted by Gasteiger charge is 2.26. The second-order valence-corrected chi connectivity index (χ2v) is 7.21. The third-order valence-electron chi connectivity index (χ3n) is 3.30. The highest BCUT2D eigenvalue weighted by molar-refractivity contribution is 5.51. The molecule has 0 aromatic heterocycles. The monoisotopic (exact) mass is 278 g/mol. The largest absolute Gasteiger partial charge is 0.493 e. The molecular weight excluding hydrogens is 248 g/mol. The summed E-state index contributed by atoms with van der Waals surface area (Å²) in [5.74, 6) is 1.88. The molecule has 1 aromatic rings. The van der Waals surface area contributed by atoms with Gasteiger partial charge in [0.05, 0.1) is 13.2 Å². The summed E-state index contributed by atoms with van der Waals surface area (Å²) in [5.41, 5.74) is 2.59. The van der Waals surface area contributed by atoms with Crippen LogP contribution in [0.25, 0.3) is 0 Å². The highest BCUT2D eigenvalue weighted by Crippen LogP contribution is 2.41. The summed E-state index contributed by atoms with van der Waals surface area (Å²) < 4.78 is 11.7. The van der Waals surface area contributed by atoms with Crippen molar-refractivity contribution in [3.05, 3.63) is 23.3 Å². The zero-order valence-corrected chi connectivity index (χ0v) is 14.4. The number of benzene rings is 1. The van der Waals surface area contributed by atoms with Gasteiger partial charge in [-0.05, 0) is 30.7 Å². The molecule has 0 aliphatic heterocycles. The normalized spacial score (nSPS) is 12.4. The van der Waals surface area contributed by atoms with Crippen LogP contribution < -0.4 is 9.47 Å². The summed E-state index contributed by atoms with van der Waals surface area (Å²) in [6, 6.07) is 4.32. The molecule has 0 aliphatic carbocycles. The van der Waals surface area contributed by atoms with Crippen molar-refractivity contribution in [1.82, 2.24) is 0 Å². The van der Waals surface area contributed by atoms with Crippen LogP contribution in [0.15, 0.2) is 12.1 Å². The molecule has 0 amide bonds. The lowest BCUT2D eigenvalue weighted by atomic mass is 9.79. The molecule has 1 aromatic carbocycles. The fraction of sp³-hybridized carbons (Fsp3) is 0.667. The molecule has 0 heterocycles. The Labute approximate surface area is 124 Å². The molecule has 0 spiro atoms. The van der Waals surface area contributed by atoms with Crippen LogP contribution in [0.2, 0.25) is 0 Å². The van der Waals surface area contributed by atoms with Gasteiger partial charge < -0.3 is 9.47 Å².